The maximum absolute atomic E-state index is 12.2. The van der Waals surface area contributed by atoms with Gasteiger partial charge < -0.3 is 0 Å². The molecular formula is C19H23F3. The van der Waals surface area contributed by atoms with Gasteiger partial charge in [-0.3, -0.25) is 0 Å². The molecule has 0 fully saturated rings. The molecule has 0 aliphatic heterocycles. The van der Waals surface area contributed by atoms with Crippen molar-refractivity contribution in [2.45, 2.75) is 45.7 Å². The lowest BCUT2D eigenvalue weighted by atomic mass is 10.0. The van der Waals surface area contributed by atoms with E-state index in [0.29, 0.717) is 5.92 Å². The van der Waals surface area contributed by atoms with E-state index < -0.39 is 11.7 Å². The minimum atomic E-state index is -4.23. The van der Waals surface area contributed by atoms with Crippen LogP contribution in [0.4, 0.5) is 13.2 Å². The second-order valence-electron chi connectivity index (χ2n) is 5.84. The summed E-state index contributed by atoms with van der Waals surface area (Å²) >= 11 is 0. The summed E-state index contributed by atoms with van der Waals surface area (Å²) in [7, 11) is 0. The molecule has 0 saturated heterocycles. The second kappa shape index (κ2) is 8.02. The monoisotopic (exact) mass is 308 g/mol. The SMILES string of the molecule is CC(C)c1cccc(C(F)(F)F)c1.CC(C)c1ccccc1. The van der Waals surface area contributed by atoms with Crippen LogP contribution in [0.1, 0.15) is 56.2 Å². The fourth-order valence-electron chi connectivity index (χ4n) is 1.91. The van der Waals surface area contributed by atoms with Crippen molar-refractivity contribution >= 4 is 0 Å². The van der Waals surface area contributed by atoms with E-state index in [9.17, 15) is 13.2 Å². The predicted molar refractivity (Wildman–Crippen MR) is 86.1 cm³/mol. The van der Waals surface area contributed by atoms with Crippen LogP contribution in [-0.2, 0) is 6.18 Å². The number of rotatable bonds is 2. The average Bonchev–Trinajstić information content (AvgIpc) is 2.48. The molecular weight excluding hydrogens is 285 g/mol. The molecule has 0 atom stereocenters. The van der Waals surface area contributed by atoms with Gasteiger partial charge in [-0.1, -0.05) is 76.2 Å². The topological polar surface area (TPSA) is 0 Å². The van der Waals surface area contributed by atoms with Crippen LogP contribution < -0.4 is 0 Å². The van der Waals surface area contributed by atoms with Gasteiger partial charge in [-0.15, -0.1) is 0 Å². The van der Waals surface area contributed by atoms with E-state index in [1.165, 1.54) is 17.7 Å². The van der Waals surface area contributed by atoms with Gasteiger partial charge in [0.1, 0.15) is 0 Å². The standard InChI is InChI=1S/C10H11F3.C9H12/c1-7(2)8-4-3-5-9(6-8)10(11,12)13;1-8(2)9-6-4-3-5-7-9/h3-7H,1-2H3;3-8H,1-2H3. The zero-order chi connectivity index (χ0) is 16.8. The van der Waals surface area contributed by atoms with Crippen molar-refractivity contribution in [1.82, 2.24) is 0 Å². The third-order valence-electron chi connectivity index (χ3n) is 3.35. The Morgan fingerprint density at radius 1 is 0.682 bits per heavy atom. The Bertz CT molecular complexity index is 554. The maximum atomic E-state index is 12.2. The predicted octanol–water partition coefficient (Wildman–Crippen LogP) is 6.64. The van der Waals surface area contributed by atoms with Crippen molar-refractivity contribution in [3.63, 3.8) is 0 Å². The van der Waals surface area contributed by atoms with Crippen LogP contribution in [0, 0.1) is 0 Å². The first-order valence-electron chi connectivity index (χ1n) is 7.44. The molecule has 0 nitrogen and oxygen atoms in total. The largest absolute Gasteiger partial charge is 0.416 e. The molecule has 0 amide bonds. The van der Waals surface area contributed by atoms with Gasteiger partial charge in [0.25, 0.3) is 0 Å². The van der Waals surface area contributed by atoms with Gasteiger partial charge in [0.05, 0.1) is 5.56 Å². The highest BCUT2D eigenvalue weighted by molar-refractivity contribution is 5.27. The maximum Gasteiger partial charge on any atom is 0.416 e. The number of hydrogen-bond donors (Lipinski definition) is 0. The molecule has 120 valence electrons. The summed E-state index contributed by atoms with van der Waals surface area (Å²) < 4.78 is 36.7. The highest BCUT2D eigenvalue weighted by atomic mass is 19.4. The van der Waals surface area contributed by atoms with E-state index in [2.05, 4.69) is 38.1 Å². The summed E-state index contributed by atoms with van der Waals surface area (Å²) in [6, 6.07) is 16.0. The zero-order valence-corrected chi connectivity index (χ0v) is 13.5. The third-order valence-corrected chi connectivity index (χ3v) is 3.35. The van der Waals surface area contributed by atoms with Gasteiger partial charge in [0.2, 0.25) is 0 Å². The molecule has 0 spiro atoms. The van der Waals surface area contributed by atoms with Crippen LogP contribution in [0.5, 0.6) is 0 Å². The Morgan fingerprint density at radius 3 is 1.59 bits per heavy atom. The third kappa shape index (κ3) is 5.92. The normalized spacial score (nSPS) is 11.3. The first-order valence-corrected chi connectivity index (χ1v) is 7.44. The molecule has 22 heavy (non-hydrogen) atoms. The molecule has 0 bridgehead atoms. The van der Waals surface area contributed by atoms with Crippen LogP contribution in [-0.4, -0.2) is 0 Å². The summed E-state index contributed by atoms with van der Waals surface area (Å²) in [6.45, 7) is 8.15. The number of alkyl halides is 3. The molecule has 0 unspecified atom stereocenters. The van der Waals surface area contributed by atoms with Gasteiger partial charge in [0.15, 0.2) is 0 Å². The van der Waals surface area contributed by atoms with Crippen LogP contribution in [0.25, 0.3) is 0 Å². The van der Waals surface area contributed by atoms with Crippen molar-refractivity contribution in [1.29, 1.82) is 0 Å². The Labute approximate surface area is 131 Å². The van der Waals surface area contributed by atoms with Crippen molar-refractivity contribution in [3.05, 3.63) is 71.3 Å². The number of hydrogen-bond acceptors (Lipinski definition) is 0. The molecule has 3 heteroatoms. The van der Waals surface area contributed by atoms with Crippen molar-refractivity contribution < 1.29 is 13.2 Å². The van der Waals surface area contributed by atoms with Crippen molar-refractivity contribution in [3.8, 4) is 0 Å². The highest BCUT2D eigenvalue weighted by Gasteiger charge is 2.30. The van der Waals surface area contributed by atoms with Crippen LogP contribution >= 0.6 is 0 Å². The second-order valence-corrected chi connectivity index (χ2v) is 5.84. The van der Waals surface area contributed by atoms with E-state index in [4.69, 9.17) is 0 Å². The van der Waals surface area contributed by atoms with Gasteiger partial charge in [-0.25, -0.2) is 0 Å². The van der Waals surface area contributed by atoms with Crippen LogP contribution in [0.15, 0.2) is 54.6 Å². The van der Waals surface area contributed by atoms with Crippen molar-refractivity contribution in [2.75, 3.05) is 0 Å². The molecule has 0 aliphatic carbocycles. The van der Waals surface area contributed by atoms with E-state index in [1.807, 2.05) is 19.9 Å². The number of halogens is 3. The van der Waals surface area contributed by atoms with Gasteiger partial charge >= 0.3 is 6.18 Å². The summed E-state index contributed by atoms with van der Waals surface area (Å²) in [6.07, 6.45) is -4.23. The van der Waals surface area contributed by atoms with E-state index in [0.717, 1.165) is 11.6 Å². The lowest BCUT2D eigenvalue weighted by Crippen LogP contribution is -2.05. The molecule has 2 aromatic rings. The van der Waals surface area contributed by atoms with Gasteiger partial charge in [-0.05, 0) is 29.0 Å². The van der Waals surface area contributed by atoms with Crippen LogP contribution in [0.3, 0.4) is 0 Å². The Hall–Kier alpha value is -1.77. The fourth-order valence-corrected chi connectivity index (χ4v) is 1.91. The first-order chi connectivity index (χ1) is 10.2. The highest BCUT2D eigenvalue weighted by Crippen LogP contribution is 2.30. The summed E-state index contributed by atoms with van der Waals surface area (Å²) in [5, 5.41) is 0. The fraction of sp³-hybridized carbons (Fsp3) is 0.368. The van der Waals surface area contributed by atoms with E-state index >= 15 is 0 Å². The number of benzene rings is 2. The molecule has 2 aromatic carbocycles. The molecule has 0 N–H and O–H groups in total. The summed E-state index contributed by atoms with van der Waals surface area (Å²) in [5.74, 6) is 0.786. The zero-order valence-electron chi connectivity index (χ0n) is 13.5. The Kier molecular flexibility index (Phi) is 6.66. The molecule has 0 aliphatic rings. The molecule has 0 saturated carbocycles. The first kappa shape index (κ1) is 18.3. The molecule has 0 heterocycles. The van der Waals surface area contributed by atoms with Gasteiger partial charge in [0, 0.05) is 0 Å². The minimum absolute atomic E-state index is 0.127. The quantitative estimate of drug-likeness (QED) is 0.583. The lowest BCUT2D eigenvalue weighted by Gasteiger charge is -2.10. The summed E-state index contributed by atoms with van der Waals surface area (Å²) in [4.78, 5) is 0. The average molecular weight is 308 g/mol. The lowest BCUT2D eigenvalue weighted by molar-refractivity contribution is -0.137. The van der Waals surface area contributed by atoms with E-state index in [-0.39, 0.29) is 5.92 Å². The smallest absolute Gasteiger partial charge is 0.166 e. The van der Waals surface area contributed by atoms with Crippen LogP contribution in [0.2, 0.25) is 0 Å². The molecule has 2 rings (SSSR count). The Balaban J connectivity index is 0.000000235. The van der Waals surface area contributed by atoms with Gasteiger partial charge in [-0.2, -0.15) is 13.2 Å². The Morgan fingerprint density at radius 2 is 1.18 bits per heavy atom. The molecule has 0 radical (unpaired) electrons. The summed E-state index contributed by atoms with van der Waals surface area (Å²) in [5.41, 5.74) is 1.56. The van der Waals surface area contributed by atoms with E-state index in [1.54, 1.807) is 6.07 Å². The molecule has 0 aromatic heterocycles. The van der Waals surface area contributed by atoms with Crippen molar-refractivity contribution in [2.24, 2.45) is 0 Å². The minimum Gasteiger partial charge on any atom is -0.166 e.